The van der Waals surface area contributed by atoms with E-state index in [1.807, 2.05) is 46.1 Å². The minimum Gasteiger partial charge on any atom is -0.343 e. The van der Waals surface area contributed by atoms with Gasteiger partial charge in [0.25, 0.3) is 0 Å². The van der Waals surface area contributed by atoms with E-state index >= 15 is 0 Å². The number of pyridine rings is 1. The van der Waals surface area contributed by atoms with E-state index in [2.05, 4.69) is 4.98 Å². The van der Waals surface area contributed by atoms with E-state index in [9.17, 15) is 4.79 Å². The summed E-state index contributed by atoms with van der Waals surface area (Å²) >= 11 is 6.02. The second-order valence-electron chi connectivity index (χ2n) is 6.86. The highest BCUT2D eigenvalue weighted by molar-refractivity contribution is 6.30. The standard InChI is InChI=1S/C20H22ClN5O/c21-15-1-3-16(4-2-15)26-18-13-23-10-6-17(18)20(24-26)14-7-11-25(12-8-14)19(27)5-9-22/h1-4,6,10,13-14H,5,7-9,11-12,22H2. The third-order valence-corrected chi connectivity index (χ3v) is 5.43. The van der Waals surface area contributed by atoms with Crippen molar-refractivity contribution in [1.29, 1.82) is 0 Å². The Balaban J connectivity index is 1.63. The first-order valence-electron chi connectivity index (χ1n) is 9.24. The van der Waals surface area contributed by atoms with Crippen molar-refractivity contribution in [3.8, 4) is 5.69 Å². The lowest BCUT2D eigenvalue weighted by Gasteiger charge is -2.31. The normalized spacial score (nSPS) is 15.4. The maximum absolute atomic E-state index is 12.1. The van der Waals surface area contributed by atoms with E-state index in [4.69, 9.17) is 22.4 Å². The van der Waals surface area contributed by atoms with E-state index in [0.29, 0.717) is 23.9 Å². The predicted molar refractivity (Wildman–Crippen MR) is 106 cm³/mol. The van der Waals surface area contributed by atoms with E-state index in [1.165, 1.54) is 0 Å². The van der Waals surface area contributed by atoms with Gasteiger partial charge in [-0.1, -0.05) is 11.6 Å². The van der Waals surface area contributed by atoms with Gasteiger partial charge in [0.05, 0.1) is 23.1 Å². The number of hydrogen-bond donors (Lipinski definition) is 1. The third kappa shape index (κ3) is 3.55. The molecule has 0 unspecified atom stereocenters. The van der Waals surface area contributed by atoms with Crippen LogP contribution in [0.1, 0.15) is 30.9 Å². The van der Waals surface area contributed by atoms with Gasteiger partial charge in [0.1, 0.15) is 0 Å². The van der Waals surface area contributed by atoms with Crippen LogP contribution in [0.4, 0.5) is 0 Å². The molecule has 1 saturated heterocycles. The molecule has 1 aliphatic rings. The van der Waals surface area contributed by atoms with Crippen molar-refractivity contribution >= 4 is 28.4 Å². The largest absolute Gasteiger partial charge is 0.343 e. The summed E-state index contributed by atoms with van der Waals surface area (Å²) in [4.78, 5) is 18.3. The zero-order valence-electron chi connectivity index (χ0n) is 15.0. The Bertz CT molecular complexity index is 945. The second-order valence-corrected chi connectivity index (χ2v) is 7.30. The van der Waals surface area contributed by atoms with Gasteiger partial charge >= 0.3 is 0 Å². The first kappa shape index (κ1) is 17.9. The Labute approximate surface area is 162 Å². The number of carbonyl (C=O) groups excluding carboxylic acids is 1. The molecule has 2 aromatic heterocycles. The van der Waals surface area contributed by atoms with Crippen LogP contribution in [-0.4, -0.2) is 45.2 Å². The van der Waals surface area contributed by atoms with Crippen LogP contribution in [0.25, 0.3) is 16.6 Å². The molecule has 0 spiro atoms. The second kappa shape index (κ2) is 7.66. The Morgan fingerprint density at radius 1 is 1.19 bits per heavy atom. The van der Waals surface area contributed by atoms with Gasteiger partial charge in [0.2, 0.25) is 5.91 Å². The quantitative estimate of drug-likeness (QED) is 0.750. The van der Waals surface area contributed by atoms with Gasteiger partial charge in [0, 0.05) is 48.6 Å². The van der Waals surface area contributed by atoms with Crippen molar-refractivity contribution in [3.63, 3.8) is 0 Å². The molecule has 6 nitrogen and oxygen atoms in total. The van der Waals surface area contributed by atoms with Crippen LogP contribution in [0.2, 0.25) is 5.02 Å². The van der Waals surface area contributed by atoms with Crippen LogP contribution < -0.4 is 5.73 Å². The van der Waals surface area contributed by atoms with Crippen LogP contribution in [0.5, 0.6) is 0 Å². The molecule has 0 bridgehead atoms. The molecular weight excluding hydrogens is 362 g/mol. The lowest BCUT2D eigenvalue weighted by atomic mass is 9.92. The summed E-state index contributed by atoms with van der Waals surface area (Å²) in [6.07, 6.45) is 5.89. The van der Waals surface area contributed by atoms with Crippen molar-refractivity contribution in [2.24, 2.45) is 5.73 Å². The van der Waals surface area contributed by atoms with Gasteiger partial charge in [0.15, 0.2) is 0 Å². The maximum atomic E-state index is 12.1. The van der Waals surface area contributed by atoms with Gasteiger partial charge in [-0.25, -0.2) is 4.68 Å². The number of nitrogens with zero attached hydrogens (tertiary/aromatic N) is 4. The van der Waals surface area contributed by atoms with Crippen LogP contribution in [0.3, 0.4) is 0 Å². The summed E-state index contributed by atoms with van der Waals surface area (Å²) in [6, 6.07) is 9.67. The number of likely N-dealkylation sites (tertiary alicyclic amines) is 1. The molecule has 0 aliphatic carbocycles. The molecule has 1 amide bonds. The van der Waals surface area contributed by atoms with Crippen molar-refractivity contribution in [2.75, 3.05) is 19.6 Å². The summed E-state index contributed by atoms with van der Waals surface area (Å²) in [7, 11) is 0. The van der Waals surface area contributed by atoms with Crippen LogP contribution >= 0.6 is 11.6 Å². The van der Waals surface area contributed by atoms with Gasteiger partial charge in [-0.3, -0.25) is 9.78 Å². The van der Waals surface area contributed by atoms with Crippen LogP contribution in [0, 0.1) is 0 Å². The van der Waals surface area contributed by atoms with Crippen LogP contribution in [-0.2, 0) is 4.79 Å². The minimum absolute atomic E-state index is 0.150. The third-order valence-electron chi connectivity index (χ3n) is 5.18. The number of halogens is 1. The summed E-state index contributed by atoms with van der Waals surface area (Å²) < 4.78 is 1.93. The first-order chi connectivity index (χ1) is 13.2. The highest BCUT2D eigenvalue weighted by atomic mass is 35.5. The summed E-state index contributed by atoms with van der Waals surface area (Å²) in [6.45, 7) is 1.91. The van der Waals surface area contributed by atoms with E-state index < -0.39 is 0 Å². The first-order valence-corrected chi connectivity index (χ1v) is 9.61. The smallest absolute Gasteiger partial charge is 0.223 e. The van der Waals surface area contributed by atoms with Gasteiger partial charge in [-0.2, -0.15) is 5.10 Å². The maximum Gasteiger partial charge on any atom is 0.223 e. The molecule has 140 valence electrons. The molecule has 0 atom stereocenters. The van der Waals surface area contributed by atoms with E-state index in [1.54, 1.807) is 6.20 Å². The summed E-state index contributed by atoms with van der Waals surface area (Å²) in [5, 5.41) is 6.74. The number of nitrogens with two attached hydrogens (primary N) is 1. The Morgan fingerprint density at radius 2 is 1.93 bits per heavy atom. The number of piperidine rings is 1. The van der Waals surface area contributed by atoms with Crippen molar-refractivity contribution in [3.05, 3.63) is 53.4 Å². The van der Waals surface area contributed by atoms with Gasteiger partial charge in [-0.05, 0) is 43.2 Å². The molecule has 1 fully saturated rings. The molecule has 7 heteroatoms. The highest BCUT2D eigenvalue weighted by Crippen LogP contribution is 2.33. The Kier molecular flexibility index (Phi) is 5.09. The fraction of sp³-hybridized carbons (Fsp3) is 0.350. The molecule has 27 heavy (non-hydrogen) atoms. The molecule has 0 saturated carbocycles. The SMILES string of the molecule is NCCC(=O)N1CCC(c2nn(-c3ccc(Cl)cc3)c3cnccc23)CC1. The average Bonchev–Trinajstić information content (AvgIpc) is 3.09. The van der Waals surface area contributed by atoms with Crippen LogP contribution in [0.15, 0.2) is 42.7 Å². The summed E-state index contributed by atoms with van der Waals surface area (Å²) in [5.74, 6) is 0.474. The lowest BCUT2D eigenvalue weighted by Crippen LogP contribution is -2.38. The number of benzene rings is 1. The fourth-order valence-electron chi connectivity index (χ4n) is 3.75. The molecule has 0 radical (unpaired) electrons. The number of fused-ring (bicyclic) bond motifs is 1. The monoisotopic (exact) mass is 383 g/mol. The topological polar surface area (TPSA) is 77.0 Å². The molecule has 3 aromatic rings. The highest BCUT2D eigenvalue weighted by Gasteiger charge is 2.27. The minimum atomic E-state index is 0.150. The zero-order chi connectivity index (χ0) is 18.8. The van der Waals surface area contributed by atoms with Crippen molar-refractivity contribution in [1.82, 2.24) is 19.7 Å². The number of hydrogen-bond acceptors (Lipinski definition) is 4. The molecular formula is C20H22ClN5O. The molecule has 3 heterocycles. The molecule has 1 aromatic carbocycles. The van der Waals surface area contributed by atoms with E-state index in [-0.39, 0.29) is 5.91 Å². The van der Waals surface area contributed by atoms with Gasteiger partial charge in [-0.15, -0.1) is 0 Å². The molecule has 2 N–H and O–H groups in total. The fourth-order valence-corrected chi connectivity index (χ4v) is 3.88. The molecule has 4 rings (SSSR count). The number of carbonyl (C=O) groups is 1. The average molecular weight is 384 g/mol. The lowest BCUT2D eigenvalue weighted by molar-refractivity contribution is -0.132. The van der Waals surface area contributed by atoms with Gasteiger partial charge < -0.3 is 10.6 Å². The molecule has 1 aliphatic heterocycles. The van der Waals surface area contributed by atoms with E-state index in [0.717, 1.165) is 48.2 Å². The van der Waals surface area contributed by atoms with Crippen molar-refractivity contribution < 1.29 is 4.79 Å². The Morgan fingerprint density at radius 3 is 2.63 bits per heavy atom. The predicted octanol–water partition coefficient (Wildman–Crippen LogP) is 3.13. The van der Waals surface area contributed by atoms with Crippen molar-refractivity contribution in [2.45, 2.75) is 25.2 Å². The Hall–Kier alpha value is -2.44. The number of aromatic nitrogens is 3. The summed E-state index contributed by atoms with van der Waals surface area (Å²) in [5.41, 5.74) is 8.53. The zero-order valence-corrected chi connectivity index (χ0v) is 15.8. The number of amides is 1. The number of rotatable bonds is 4.